The highest BCUT2D eigenvalue weighted by Crippen LogP contribution is 2.33. The third-order valence-corrected chi connectivity index (χ3v) is 2.78. The first-order valence-corrected chi connectivity index (χ1v) is 5.62. The van der Waals surface area contributed by atoms with E-state index in [0.717, 1.165) is 6.42 Å². The number of hydrogen-bond acceptors (Lipinski definition) is 2. The average molecular weight is 209 g/mol. The van der Waals surface area contributed by atoms with Crippen LogP contribution in [-0.2, 0) is 0 Å². The molecule has 0 bridgehead atoms. The maximum atomic E-state index is 6.18. The molecule has 2 unspecified atom stereocenters. The first-order chi connectivity index (χ1) is 6.86. The van der Waals surface area contributed by atoms with Gasteiger partial charge in [0.2, 0.25) is 0 Å². The summed E-state index contributed by atoms with van der Waals surface area (Å²) in [7, 11) is 0. The van der Waals surface area contributed by atoms with Gasteiger partial charge >= 0.3 is 0 Å². The molecule has 0 fully saturated rings. The summed E-state index contributed by atoms with van der Waals surface area (Å²) in [6.07, 6.45) is 4.94. The van der Waals surface area contributed by atoms with Gasteiger partial charge in [0.25, 0.3) is 0 Å². The summed E-state index contributed by atoms with van der Waals surface area (Å²) in [5.41, 5.74) is 7.50. The number of nitrogens with two attached hydrogens (primary N) is 1. The Labute approximate surface area is 92.7 Å². The van der Waals surface area contributed by atoms with Crippen LogP contribution in [0.25, 0.3) is 0 Å². The molecular weight excluding hydrogens is 186 g/mol. The van der Waals surface area contributed by atoms with Gasteiger partial charge in [0.1, 0.15) is 0 Å². The van der Waals surface area contributed by atoms with Crippen LogP contribution in [-0.4, -0.2) is 15.8 Å². The monoisotopic (exact) mass is 209 g/mol. The first-order valence-electron chi connectivity index (χ1n) is 5.62. The molecule has 1 rings (SSSR count). The van der Waals surface area contributed by atoms with Gasteiger partial charge in [-0.25, -0.2) is 0 Å². The summed E-state index contributed by atoms with van der Waals surface area (Å²) < 4.78 is 2.02. The van der Waals surface area contributed by atoms with Crippen molar-refractivity contribution in [1.29, 1.82) is 0 Å². The number of nitrogens with zero attached hydrogens (tertiary/aromatic N) is 2. The Morgan fingerprint density at radius 2 is 2.07 bits per heavy atom. The Kier molecular flexibility index (Phi) is 3.55. The van der Waals surface area contributed by atoms with Crippen molar-refractivity contribution in [2.45, 2.75) is 53.1 Å². The minimum atomic E-state index is 0.133. The van der Waals surface area contributed by atoms with Crippen molar-refractivity contribution in [1.82, 2.24) is 9.78 Å². The number of aryl methyl sites for hydroxylation is 1. The van der Waals surface area contributed by atoms with Crippen LogP contribution in [0.3, 0.4) is 0 Å². The first kappa shape index (κ1) is 12.2. The zero-order valence-corrected chi connectivity index (χ0v) is 10.5. The zero-order valence-electron chi connectivity index (χ0n) is 10.5. The maximum Gasteiger partial charge on any atom is 0.0718 e. The standard InChI is InChI=1S/C12H23N3/c1-6-10(13)11(12(3,4)5)15-8-9(2)7-14-15/h7-8,10-11H,6,13H2,1-5H3. The molecule has 0 aliphatic heterocycles. The lowest BCUT2D eigenvalue weighted by molar-refractivity contribution is 0.186. The van der Waals surface area contributed by atoms with Gasteiger partial charge in [0, 0.05) is 12.2 Å². The molecule has 0 radical (unpaired) electrons. The number of aromatic nitrogens is 2. The smallest absolute Gasteiger partial charge is 0.0718 e. The maximum absolute atomic E-state index is 6.18. The Balaban J connectivity index is 3.01. The van der Waals surface area contributed by atoms with E-state index in [0.29, 0.717) is 0 Å². The van der Waals surface area contributed by atoms with Crippen LogP contribution in [0.15, 0.2) is 12.4 Å². The summed E-state index contributed by atoms with van der Waals surface area (Å²) in [4.78, 5) is 0. The van der Waals surface area contributed by atoms with E-state index in [1.165, 1.54) is 5.56 Å². The van der Waals surface area contributed by atoms with Crippen molar-refractivity contribution in [2.24, 2.45) is 11.1 Å². The minimum Gasteiger partial charge on any atom is -0.326 e. The quantitative estimate of drug-likeness (QED) is 0.831. The molecule has 0 saturated heterocycles. The van der Waals surface area contributed by atoms with E-state index in [1.807, 2.05) is 10.9 Å². The molecule has 3 heteroatoms. The van der Waals surface area contributed by atoms with Crippen molar-refractivity contribution in [3.8, 4) is 0 Å². The van der Waals surface area contributed by atoms with Gasteiger partial charge in [0.15, 0.2) is 0 Å². The van der Waals surface area contributed by atoms with E-state index in [4.69, 9.17) is 5.73 Å². The second kappa shape index (κ2) is 4.35. The van der Waals surface area contributed by atoms with Gasteiger partial charge in [0.05, 0.1) is 12.2 Å². The van der Waals surface area contributed by atoms with E-state index in [9.17, 15) is 0 Å². The van der Waals surface area contributed by atoms with Gasteiger partial charge in [-0.15, -0.1) is 0 Å². The van der Waals surface area contributed by atoms with Gasteiger partial charge in [-0.1, -0.05) is 27.7 Å². The molecule has 0 saturated carbocycles. The molecule has 1 aromatic rings. The van der Waals surface area contributed by atoms with Crippen LogP contribution >= 0.6 is 0 Å². The summed E-state index contributed by atoms with van der Waals surface area (Å²) in [6.45, 7) is 10.8. The number of hydrogen-bond donors (Lipinski definition) is 1. The second-order valence-corrected chi connectivity index (χ2v) is 5.38. The Morgan fingerprint density at radius 1 is 1.47 bits per heavy atom. The molecule has 0 amide bonds. The molecule has 0 aliphatic rings. The highest BCUT2D eigenvalue weighted by molar-refractivity contribution is 5.02. The third kappa shape index (κ3) is 2.81. The van der Waals surface area contributed by atoms with Crippen LogP contribution in [0.1, 0.15) is 45.7 Å². The highest BCUT2D eigenvalue weighted by atomic mass is 15.3. The fraction of sp³-hybridized carbons (Fsp3) is 0.750. The van der Waals surface area contributed by atoms with Gasteiger partial charge in [-0.3, -0.25) is 4.68 Å². The molecule has 3 nitrogen and oxygen atoms in total. The average Bonchev–Trinajstić information content (AvgIpc) is 2.49. The fourth-order valence-electron chi connectivity index (χ4n) is 2.04. The molecule has 2 atom stereocenters. The third-order valence-electron chi connectivity index (χ3n) is 2.78. The van der Waals surface area contributed by atoms with Crippen molar-refractivity contribution in [3.63, 3.8) is 0 Å². The lowest BCUT2D eigenvalue weighted by Gasteiger charge is -2.35. The van der Waals surface area contributed by atoms with Gasteiger partial charge < -0.3 is 5.73 Å². The summed E-state index contributed by atoms with van der Waals surface area (Å²) in [6, 6.07) is 0.417. The largest absolute Gasteiger partial charge is 0.326 e. The van der Waals surface area contributed by atoms with Crippen molar-refractivity contribution >= 4 is 0 Å². The zero-order chi connectivity index (χ0) is 11.6. The molecule has 0 aromatic carbocycles. The van der Waals surface area contributed by atoms with Gasteiger partial charge in [-0.2, -0.15) is 5.10 Å². The Morgan fingerprint density at radius 3 is 2.40 bits per heavy atom. The van der Waals surface area contributed by atoms with E-state index in [2.05, 4.69) is 45.9 Å². The molecule has 15 heavy (non-hydrogen) atoms. The van der Waals surface area contributed by atoms with E-state index in [-0.39, 0.29) is 17.5 Å². The molecule has 86 valence electrons. The lowest BCUT2D eigenvalue weighted by Crippen LogP contribution is -2.40. The van der Waals surface area contributed by atoms with Crippen molar-refractivity contribution < 1.29 is 0 Å². The van der Waals surface area contributed by atoms with Crippen molar-refractivity contribution in [2.75, 3.05) is 0 Å². The molecule has 0 aliphatic carbocycles. The molecule has 2 N–H and O–H groups in total. The highest BCUT2D eigenvalue weighted by Gasteiger charge is 2.31. The van der Waals surface area contributed by atoms with Crippen molar-refractivity contribution in [3.05, 3.63) is 18.0 Å². The SMILES string of the molecule is CCC(N)C(n1cc(C)cn1)C(C)(C)C. The van der Waals surface area contributed by atoms with E-state index >= 15 is 0 Å². The summed E-state index contributed by atoms with van der Waals surface area (Å²) in [5.74, 6) is 0. The van der Waals surface area contributed by atoms with Gasteiger partial charge in [-0.05, 0) is 24.3 Å². The topological polar surface area (TPSA) is 43.8 Å². The molecular formula is C12H23N3. The lowest BCUT2D eigenvalue weighted by atomic mass is 9.82. The minimum absolute atomic E-state index is 0.133. The second-order valence-electron chi connectivity index (χ2n) is 5.38. The summed E-state index contributed by atoms with van der Waals surface area (Å²) in [5, 5.41) is 4.39. The van der Waals surface area contributed by atoms with E-state index < -0.39 is 0 Å². The molecule has 1 aromatic heterocycles. The van der Waals surface area contributed by atoms with Crippen LogP contribution < -0.4 is 5.73 Å². The predicted molar refractivity (Wildman–Crippen MR) is 63.7 cm³/mol. The Bertz CT molecular complexity index is 309. The van der Waals surface area contributed by atoms with E-state index in [1.54, 1.807) is 0 Å². The summed E-state index contributed by atoms with van der Waals surface area (Å²) >= 11 is 0. The van der Waals surface area contributed by atoms with Crippen LogP contribution in [0, 0.1) is 12.3 Å². The molecule has 1 heterocycles. The Hall–Kier alpha value is -0.830. The molecule has 0 spiro atoms. The van der Waals surface area contributed by atoms with Crippen LogP contribution in [0.2, 0.25) is 0 Å². The number of rotatable bonds is 3. The van der Waals surface area contributed by atoms with Crippen LogP contribution in [0.4, 0.5) is 0 Å². The predicted octanol–water partition coefficient (Wildman–Crippen LogP) is 2.52. The fourth-order valence-corrected chi connectivity index (χ4v) is 2.04. The van der Waals surface area contributed by atoms with Crippen LogP contribution in [0.5, 0.6) is 0 Å². The normalized spacial score (nSPS) is 16.4.